The number of rotatable bonds is 9. The first kappa shape index (κ1) is 23.4. The molecule has 2 aromatic carbocycles. The van der Waals surface area contributed by atoms with E-state index in [1.54, 1.807) is 18.3 Å². The maximum absolute atomic E-state index is 11.9. The SMILES string of the molecule is CC1(C)C(/C=C/C=C/Nc2ccccc2)=[N+](CCCS(=O)(=O)O)c2cccc(C(=O)O)c21. The van der Waals surface area contributed by atoms with Crippen molar-refractivity contribution in [3.63, 3.8) is 0 Å². The van der Waals surface area contributed by atoms with Gasteiger partial charge in [0.15, 0.2) is 5.71 Å². The zero-order valence-corrected chi connectivity index (χ0v) is 18.8. The van der Waals surface area contributed by atoms with E-state index in [9.17, 15) is 18.3 Å². The van der Waals surface area contributed by atoms with Crippen molar-refractivity contribution < 1.29 is 27.4 Å². The Kier molecular flexibility index (Phi) is 6.96. The molecule has 1 aliphatic heterocycles. The van der Waals surface area contributed by atoms with Crippen molar-refractivity contribution in [3.8, 4) is 0 Å². The number of hydrogen-bond donors (Lipinski definition) is 3. The second-order valence-electron chi connectivity index (χ2n) is 8.03. The van der Waals surface area contributed by atoms with E-state index >= 15 is 0 Å². The van der Waals surface area contributed by atoms with Crippen molar-refractivity contribution in [2.75, 3.05) is 17.6 Å². The molecule has 0 aliphatic carbocycles. The minimum Gasteiger partial charge on any atom is -0.478 e. The van der Waals surface area contributed by atoms with Gasteiger partial charge in [-0.1, -0.05) is 30.3 Å². The fourth-order valence-electron chi connectivity index (χ4n) is 4.02. The number of carboxylic acid groups (broad SMARTS) is 1. The van der Waals surface area contributed by atoms with Crippen molar-refractivity contribution in [1.82, 2.24) is 0 Å². The molecule has 2 aromatic rings. The molecule has 3 N–H and O–H groups in total. The van der Waals surface area contributed by atoms with Gasteiger partial charge < -0.3 is 10.4 Å². The molecule has 0 aromatic heterocycles. The summed E-state index contributed by atoms with van der Waals surface area (Å²) >= 11 is 0. The van der Waals surface area contributed by atoms with Crippen molar-refractivity contribution in [2.45, 2.75) is 25.7 Å². The van der Waals surface area contributed by atoms with Crippen LogP contribution in [-0.2, 0) is 15.5 Å². The van der Waals surface area contributed by atoms with Crippen LogP contribution >= 0.6 is 0 Å². The topological polar surface area (TPSA) is 107 Å². The summed E-state index contributed by atoms with van der Waals surface area (Å²) in [6.45, 7) is 4.23. The second kappa shape index (κ2) is 9.50. The van der Waals surface area contributed by atoms with Gasteiger partial charge in [-0.25, -0.2) is 4.79 Å². The van der Waals surface area contributed by atoms with Gasteiger partial charge in [0.25, 0.3) is 10.1 Å². The highest BCUT2D eigenvalue weighted by atomic mass is 32.2. The molecule has 168 valence electrons. The van der Waals surface area contributed by atoms with E-state index in [2.05, 4.69) is 5.32 Å². The minimum absolute atomic E-state index is 0.203. The Balaban J connectivity index is 1.93. The van der Waals surface area contributed by atoms with Crippen LogP contribution < -0.4 is 5.32 Å². The van der Waals surface area contributed by atoms with Crippen molar-refractivity contribution in [3.05, 3.63) is 84.1 Å². The Morgan fingerprint density at radius 2 is 1.81 bits per heavy atom. The number of benzene rings is 2. The van der Waals surface area contributed by atoms with Crippen LogP contribution in [-0.4, -0.2) is 46.6 Å². The van der Waals surface area contributed by atoms with Crippen LogP contribution in [0.1, 0.15) is 36.2 Å². The van der Waals surface area contributed by atoms with Gasteiger partial charge in [-0.05, 0) is 38.1 Å². The standard InChI is InChI=1S/C24H26N2O5S/c1-24(2)21(14-6-7-15-25-18-10-4-3-5-11-18)26(16-9-17-32(29,30)31)20-13-8-12-19(22(20)24)23(27)28/h3-8,10-15H,9,16-17H2,1-2H3,(H2,27,28,29,30,31)/p+1. The molecular formula is C24H27N2O5S+. The van der Waals surface area contributed by atoms with Crippen LogP contribution in [0.25, 0.3) is 0 Å². The van der Waals surface area contributed by atoms with E-state index in [-0.39, 0.29) is 17.7 Å². The lowest BCUT2D eigenvalue weighted by Gasteiger charge is -2.17. The van der Waals surface area contributed by atoms with E-state index in [1.807, 2.05) is 73.0 Å². The summed E-state index contributed by atoms with van der Waals surface area (Å²) in [7, 11) is -4.08. The van der Waals surface area contributed by atoms with Gasteiger partial charge in [0.1, 0.15) is 6.54 Å². The van der Waals surface area contributed by atoms with Crippen LogP contribution in [0.15, 0.2) is 73.0 Å². The van der Waals surface area contributed by atoms with Gasteiger partial charge in [0.2, 0.25) is 5.69 Å². The Bertz CT molecular complexity index is 1200. The fourth-order valence-corrected chi connectivity index (χ4v) is 4.51. The molecule has 7 nitrogen and oxygen atoms in total. The highest BCUT2D eigenvalue weighted by molar-refractivity contribution is 7.85. The third kappa shape index (κ3) is 5.33. The van der Waals surface area contributed by atoms with E-state index in [1.165, 1.54) is 0 Å². The zero-order valence-electron chi connectivity index (χ0n) is 18.0. The molecule has 0 atom stereocenters. The third-order valence-electron chi connectivity index (χ3n) is 5.39. The van der Waals surface area contributed by atoms with Gasteiger partial charge in [-0.3, -0.25) is 4.55 Å². The van der Waals surface area contributed by atoms with Crippen LogP contribution in [0.3, 0.4) is 0 Å². The molecule has 0 saturated heterocycles. The van der Waals surface area contributed by atoms with E-state index < -0.39 is 21.5 Å². The summed E-state index contributed by atoms with van der Waals surface area (Å²) in [5.41, 5.74) is 2.83. The van der Waals surface area contributed by atoms with Gasteiger partial charge in [-0.2, -0.15) is 13.0 Å². The maximum Gasteiger partial charge on any atom is 0.336 e. The van der Waals surface area contributed by atoms with E-state index in [0.717, 1.165) is 17.1 Å². The highest BCUT2D eigenvalue weighted by Crippen LogP contribution is 2.42. The average Bonchev–Trinajstić information content (AvgIpc) is 2.94. The Hall–Kier alpha value is -3.23. The number of anilines is 1. The van der Waals surface area contributed by atoms with Crippen molar-refractivity contribution >= 4 is 33.2 Å². The predicted molar refractivity (Wildman–Crippen MR) is 126 cm³/mol. The molecule has 0 amide bonds. The number of fused-ring (bicyclic) bond motifs is 1. The van der Waals surface area contributed by atoms with Gasteiger partial charge in [0, 0.05) is 30.5 Å². The summed E-state index contributed by atoms with van der Waals surface area (Å²) in [5.74, 6) is -1.37. The Morgan fingerprint density at radius 3 is 2.47 bits per heavy atom. The molecule has 0 unspecified atom stereocenters. The summed E-state index contributed by atoms with van der Waals surface area (Å²) < 4.78 is 33.4. The van der Waals surface area contributed by atoms with E-state index in [0.29, 0.717) is 12.1 Å². The molecular weight excluding hydrogens is 428 g/mol. The van der Waals surface area contributed by atoms with Crippen LogP contribution in [0, 0.1) is 0 Å². The molecule has 1 heterocycles. The average molecular weight is 456 g/mol. The summed E-state index contributed by atoms with van der Waals surface area (Å²) in [6.07, 6.45) is 7.60. The second-order valence-corrected chi connectivity index (χ2v) is 9.61. The summed E-state index contributed by atoms with van der Waals surface area (Å²) in [6, 6.07) is 14.8. The highest BCUT2D eigenvalue weighted by Gasteiger charge is 2.46. The van der Waals surface area contributed by atoms with Gasteiger partial charge in [0.05, 0.1) is 22.3 Å². The quantitative estimate of drug-likeness (QED) is 0.297. The number of nitrogens with one attached hydrogen (secondary N) is 1. The molecule has 0 fully saturated rings. The zero-order chi connectivity index (χ0) is 23.4. The summed E-state index contributed by atoms with van der Waals surface area (Å²) in [5, 5.41) is 12.9. The largest absolute Gasteiger partial charge is 0.478 e. The molecule has 0 radical (unpaired) electrons. The van der Waals surface area contributed by atoms with Crippen LogP contribution in [0.5, 0.6) is 0 Å². The molecule has 0 spiro atoms. The Labute approximate surface area is 188 Å². The lowest BCUT2D eigenvalue weighted by Crippen LogP contribution is -2.29. The first-order valence-electron chi connectivity index (χ1n) is 10.2. The van der Waals surface area contributed by atoms with Crippen molar-refractivity contribution in [2.24, 2.45) is 0 Å². The van der Waals surface area contributed by atoms with Crippen LogP contribution in [0.2, 0.25) is 0 Å². The molecule has 32 heavy (non-hydrogen) atoms. The number of hydrogen-bond acceptors (Lipinski definition) is 4. The smallest absolute Gasteiger partial charge is 0.336 e. The third-order valence-corrected chi connectivity index (χ3v) is 6.19. The minimum atomic E-state index is -4.08. The van der Waals surface area contributed by atoms with E-state index in [4.69, 9.17) is 4.55 Å². The number of carboxylic acids is 1. The van der Waals surface area contributed by atoms with Gasteiger partial charge in [-0.15, -0.1) is 0 Å². The number of aromatic carboxylic acids is 1. The number of para-hydroxylation sites is 1. The predicted octanol–water partition coefficient (Wildman–Crippen LogP) is 4.22. The number of nitrogens with zero attached hydrogens (tertiary/aromatic N) is 1. The lowest BCUT2D eigenvalue weighted by atomic mass is 9.79. The Morgan fingerprint density at radius 1 is 1.09 bits per heavy atom. The maximum atomic E-state index is 11.9. The van der Waals surface area contributed by atoms with Crippen LogP contribution in [0.4, 0.5) is 11.4 Å². The normalized spacial score (nSPS) is 15.5. The first-order valence-corrected chi connectivity index (χ1v) is 11.8. The molecule has 1 aliphatic rings. The van der Waals surface area contributed by atoms with Gasteiger partial charge >= 0.3 is 5.97 Å². The lowest BCUT2D eigenvalue weighted by molar-refractivity contribution is -0.437. The number of allylic oxidation sites excluding steroid dienone is 3. The first-order chi connectivity index (χ1) is 15.1. The monoisotopic (exact) mass is 455 g/mol. The molecule has 0 saturated carbocycles. The summed E-state index contributed by atoms with van der Waals surface area (Å²) in [4.78, 5) is 11.9. The number of carbonyl (C=O) groups is 1. The fraction of sp³-hybridized carbons (Fsp3) is 0.250. The molecule has 0 bridgehead atoms. The molecule has 8 heteroatoms. The van der Waals surface area contributed by atoms with Crippen molar-refractivity contribution in [1.29, 1.82) is 0 Å². The molecule has 3 rings (SSSR count).